The first-order valence-corrected chi connectivity index (χ1v) is 4.56. The highest BCUT2D eigenvalue weighted by molar-refractivity contribution is 5.11. The van der Waals surface area contributed by atoms with E-state index in [9.17, 15) is 5.11 Å². The minimum atomic E-state index is -0.153. The highest BCUT2D eigenvalue weighted by atomic mass is 16.5. The molecule has 0 unspecified atom stereocenters. The predicted octanol–water partition coefficient (Wildman–Crippen LogP) is 0.550. The van der Waals surface area contributed by atoms with Gasteiger partial charge in [0.05, 0.1) is 12.3 Å². The Bertz CT molecular complexity index is 285. The SMILES string of the molecule is Cc1oncc1CN1CC[C@@H](O)C1. The van der Waals surface area contributed by atoms with Crippen LogP contribution in [0.1, 0.15) is 17.7 Å². The standard InChI is InChI=1S/C9H14N2O2/c1-7-8(4-10-13-7)5-11-3-2-9(12)6-11/h4,9,12H,2-3,5-6H2,1H3/t9-/m1/s1. The van der Waals surface area contributed by atoms with Crippen LogP contribution in [0.25, 0.3) is 0 Å². The molecule has 1 atom stereocenters. The summed E-state index contributed by atoms with van der Waals surface area (Å²) in [5.74, 6) is 0.876. The Kier molecular flexibility index (Phi) is 2.33. The summed E-state index contributed by atoms with van der Waals surface area (Å²) in [6.07, 6.45) is 2.48. The lowest BCUT2D eigenvalue weighted by molar-refractivity contribution is 0.174. The number of aryl methyl sites for hydroxylation is 1. The van der Waals surface area contributed by atoms with Crippen LogP contribution in [-0.2, 0) is 6.54 Å². The summed E-state index contributed by atoms with van der Waals surface area (Å²) >= 11 is 0. The molecule has 2 heterocycles. The third kappa shape index (κ3) is 1.89. The minimum Gasteiger partial charge on any atom is -0.392 e. The van der Waals surface area contributed by atoms with Crippen molar-refractivity contribution in [1.29, 1.82) is 0 Å². The van der Waals surface area contributed by atoms with E-state index in [0.29, 0.717) is 0 Å². The molecule has 0 aromatic carbocycles. The van der Waals surface area contributed by atoms with Gasteiger partial charge in [-0.2, -0.15) is 0 Å². The molecule has 1 aliphatic rings. The molecule has 1 aliphatic heterocycles. The molecule has 0 spiro atoms. The molecule has 1 aromatic rings. The van der Waals surface area contributed by atoms with E-state index in [-0.39, 0.29) is 6.10 Å². The molecule has 1 saturated heterocycles. The number of rotatable bonds is 2. The minimum absolute atomic E-state index is 0.153. The maximum Gasteiger partial charge on any atom is 0.138 e. The fourth-order valence-electron chi connectivity index (χ4n) is 1.67. The van der Waals surface area contributed by atoms with Gasteiger partial charge in [-0.25, -0.2) is 0 Å². The molecule has 1 N–H and O–H groups in total. The molecule has 0 radical (unpaired) electrons. The van der Waals surface area contributed by atoms with Crippen LogP contribution in [0.3, 0.4) is 0 Å². The van der Waals surface area contributed by atoms with Gasteiger partial charge in [0.1, 0.15) is 5.76 Å². The molecule has 13 heavy (non-hydrogen) atoms. The van der Waals surface area contributed by atoms with Gasteiger partial charge < -0.3 is 9.63 Å². The summed E-state index contributed by atoms with van der Waals surface area (Å²) < 4.78 is 4.96. The predicted molar refractivity (Wildman–Crippen MR) is 47.1 cm³/mol. The second-order valence-electron chi connectivity index (χ2n) is 3.58. The van der Waals surface area contributed by atoms with Crippen molar-refractivity contribution < 1.29 is 9.63 Å². The Morgan fingerprint density at radius 1 is 1.77 bits per heavy atom. The van der Waals surface area contributed by atoms with Gasteiger partial charge in [-0.1, -0.05) is 5.16 Å². The molecule has 72 valence electrons. The van der Waals surface area contributed by atoms with Crippen LogP contribution in [0.15, 0.2) is 10.7 Å². The first kappa shape index (κ1) is 8.72. The van der Waals surface area contributed by atoms with Gasteiger partial charge in [0.15, 0.2) is 0 Å². The fourth-order valence-corrected chi connectivity index (χ4v) is 1.67. The summed E-state index contributed by atoms with van der Waals surface area (Å²) in [5.41, 5.74) is 1.12. The average Bonchev–Trinajstić information content (AvgIpc) is 2.64. The first-order valence-electron chi connectivity index (χ1n) is 4.56. The van der Waals surface area contributed by atoms with Crippen molar-refractivity contribution in [3.63, 3.8) is 0 Å². The zero-order chi connectivity index (χ0) is 9.26. The number of aliphatic hydroxyl groups is 1. The molecule has 1 aromatic heterocycles. The highest BCUT2D eigenvalue weighted by Gasteiger charge is 2.21. The van der Waals surface area contributed by atoms with Crippen LogP contribution in [0.4, 0.5) is 0 Å². The van der Waals surface area contributed by atoms with Crippen LogP contribution < -0.4 is 0 Å². The number of hydrogen-bond donors (Lipinski definition) is 1. The molecule has 0 amide bonds. The van der Waals surface area contributed by atoms with E-state index in [2.05, 4.69) is 10.1 Å². The fraction of sp³-hybridized carbons (Fsp3) is 0.667. The Balaban J connectivity index is 1.95. The molecule has 0 saturated carbocycles. The average molecular weight is 182 g/mol. The quantitative estimate of drug-likeness (QED) is 0.725. The highest BCUT2D eigenvalue weighted by Crippen LogP contribution is 2.15. The molecule has 0 aliphatic carbocycles. The van der Waals surface area contributed by atoms with Crippen LogP contribution in [0.2, 0.25) is 0 Å². The number of nitrogens with zero attached hydrogens (tertiary/aromatic N) is 2. The number of likely N-dealkylation sites (tertiary alicyclic amines) is 1. The lowest BCUT2D eigenvalue weighted by atomic mass is 10.2. The van der Waals surface area contributed by atoms with Gasteiger partial charge in [0.25, 0.3) is 0 Å². The molecular weight excluding hydrogens is 168 g/mol. The Labute approximate surface area is 77.1 Å². The van der Waals surface area contributed by atoms with E-state index in [0.717, 1.165) is 37.4 Å². The van der Waals surface area contributed by atoms with Gasteiger partial charge in [0, 0.05) is 25.2 Å². The lowest BCUT2D eigenvalue weighted by Crippen LogP contribution is -2.21. The van der Waals surface area contributed by atoms with Crippen molar-refractivity contribution in [3.05, 3.63) is 17.5 Å². The summed E-state index contributed by atoms with van der Waals surface area (Å²) in [4.78, 5) is 2.21. The smallest absolute Gasteiger partial charge is 0.138 e. The maximum absolute atomic E-state index is 9.32. The first-order chi connectivity index (χ1) is 6.25. The van der Waals surface area contributed by atoms with E-state index in [1.54, 1.807) is 6.20 Å². The molecule has 4 nitrogen and oxygen atoms in total. The van der Waals surface area contributed by atoms with E-state index in [1.165, 1.54) is 0 Å². The van der Waals surface area contributed by atoms with Crippen molar-refractivity contribution in [2.75, 3.05) is 13.1 Å². The van der Waals surface area contributed by atoms with Gasteiger partial charge in [-0.15, -0.1) is 0 Å². The topological polar surface area (TPSA) is 49.5 Å². The second-order valence-corrected chi connectivity index (χ2v) is 3.58. The van der Waals surface area contributed by atoms with Crippen molar-refractivity contribution >= 4 is 0 Å². The maximum atomic E-state index is 9.32. The normalized spacial score (nSPS) is 24.0. The molecule has 4 heteroatoms. The van der Waals surface area contributed by atoms with Crippen LogP contribution in [0.5, 0.6) is 0 Å². The number of aliphatic hydroxyl groups excluding tert-OH is 1. The number of aromatic nitrogens is 1. The molecule has 1 fully saturated rings. The summed E-state index contributed by atoms with van der Waals surface area (Å²) in [6.45, 7) is 4.48. The van der Waals surface area contributed by atoms with Crippen LogP contribution >= 0.6 is 0 Å². The van der Waals surface area contributed by atoms with Crippen molar-refractivity contribution in [2.24, 2.45) is 0 Å². The molecule has 0 bridgehead atoms. The Morgan fingerprint density at radius 3 is 3.15 bits per heavy atom. The van der Waals surface area contributed by atoms with Crippen LogP contribution in [0, 0.1) is 6.92 Å². The van der Waals surface area contributed by atoms with Gasteiger partial charge in [-0.3, -0.25) is 4.90 Å². The van der Waals surface area contributed by atoms with Crippen molar-refractivity contribution in [2.45, 2.75) is 26.0 Å². The van der Waals surface area contributed by atoms with E-state index in [1.807, 2.05) is 6.92 Å². The number of hydrogen-bond acceptors (Lipinski definition) is 4. The lowest BCUT2D eigenvalue weighted by Gasteiger charge is -2.12. The van der Waals surface area contributed by atoms with E-state index < -0.39 is 0 Å². The van der Waals surface area contributed by atoms with Gasteiger partial charge in [0.2, 0.25) is 0 Å². The largest absolute Gasteiger partial charge is 0.392 e. The zero-order valence-corrected chi connectivity index (χ0v) is 7.73. The Hall–Kier alpha value is -0.870. The van der Waals surface area contributed by atoms with Crippen LogP contribution in [-0.4, -0.2) is 34.4 Å². The van der Waals surface area contributed by atoms with E-state index >= 15 is 0 Å². The van der Waals surface area contributed by atoms with Gasteiger partial charge >= 0.3 is 0 Å². The summed E-state index contributed by atoms with van der Waals surface area (Å²) in [6, 6.07) is 0. The van der Waals surface area contributed by atoms with Gasteiger partial charge in [-0.05, 0) is 13.3 Å². The summed E-state index contributed by atoms with van der Waals surface area (Å²) in [7, 11) is 0. The molecular formula is C9H14N2O2. The Morgan fingerprint density at radius 2 is 2.62 bits per heavy atom. The van der Waals surface area contributed by atoms with Crippen molar-refractivity contribution in [1.82, 2.24) is 10.1 Å². The zero-order valence-electron chi connectivity index (χ0n) is 7.73. The van der Waals surface area contributed by atoms with Crippen molar-refractivity contribution in [3.8, 4) is 0 Å². The number of β-amino-alcohol motifs (C(OH)–C–C–N with tert-alkyl or cyclic N) is 1. The summed E-state index contributed by atoms with van der Waals surface area (Å²) in [5, 5.41) is 13.0. The third-order valence-electron chi connectivity index (χ3n) is 2.49. The van der Waals surface area contributed by atoms with E-state index in [4.69, 9.17) is 4.52 Å². The second kappa shape index (κ2) is 3.47. The third-order valence-corrected chi connectivity index (χ3v) is 2.49. The monoisotopic (exact) mass is 182 g/mol. The molecule has 2 rings (SSSR count).